The molecule has 5 heteroatoms. The van der Waals surface area contributed by atoms with E-state index in [4.69, 9.17) is 0 Å². The summed E-state index contributed by atoms with van der Waals surface area (Å²) in [6, 6.07) is -0.119. The first-order valence-electron chi connectivity index (χ1n) is 4.87. The molecule has 0 aliphatic carbocycles. The minimum Gasteiger partial charge on any atom is -0.330 e. The highest BCUT2D eigenvalue weighted by atomic mass is 19.4. The van der Waals surface area contributed by atoms with Gasteiger partial charge in [-0.1, -0.05) is 18.2 Å². The molecule has 16 heavy (non-hydrogen) atoms. The maximum atomic E-state index is 11.9. The van der Waals surface area contributed by atoms with Crippen molar-refractivity contribution < 1.29 is 13.2 Å². The normalized spacial score (nSPS) is 15.0. The largest absolute Gasteiger partial charge is 0.409 e. The third-order valence-corrected chi connectivity index (χ3v) is 2.01. The zero-order valence-electron chi connectivity index (χ0n) is 8.85. The number of hydrogen-bond acceptors (Lipinski definition) is 1. The van der Waals surface area contributed by atoms with Gasteiger partial charge in [0.1, 0.15) is 0 Å². The Morgan fingerprint density at radius 3 is 2.69 bits per heavy atom. The highest BCUT2D eigenvalue weighted by molar-refractivity contribution is 4.99. The van der Waals surface area contributed by atoms with Crippen molar-refractivity contribution in [3.8, 4) is 0 Å². The number of halogens is 3. The van der Waals surface area contributed by atoms with Gasteiger partial charge in [0.25, 0.3) is 0 Å². The molecule has 1 aromatic rings. The van der Waals surface area contributed by atoms with E-state index in [1.807, 2.05) is 19.1 Å². The van der Waals surface area contributed by atoms with Crippen LogP contribution in [-0.2, 0) is 0 Å². The molecule has 0 bridgehead atoms. The number of hydrogen-bond donors (Lipinski definition) is 0. The molecule has 0 aliphatic rings. The van der Waals surface area contributed by atoms with E-state index < -0.39 is 6.18 Å². The fourth-order valence-corrected chi connectivity index (χ4v) is 1.33. The maximum absolute atomic E-state index is 11.9. The SMILES string of the molecule is C/C=C/[C@@H](C/C=C/C(F)(F)F)n1ccnc1. The highest BCUT2D eigenvalue weighted by Gasteiger charge is 2.21. The average Bonchev–Trinajstić information content (AvgIpc) is 2.67. The fraction of sp³-hybridized carbons (Fsp3) is 0.364. The van der Waals surface area contributed by atoms with E-state index in [1.165, 1.54) is 0 Å². The summed E-state index contributed by atoms with van der Waals surface area (Å²) in [5.41, 5.74) is 0. The molecule has 0 fully saturated rings. The van der Waals surface area contributed by atoms with E-state index in [2.05, 4.69) is 4.98 Å². The lowest BCUT2D eigenvalue weighted by molar-refractivity contribution is -0.0800. The second-order valence-electron chi connectivity index (χ2n) is 3.28. The summed E-state index contributed by atoms with van der Waals surface area (Å²) in [6.45, 7) is 1.83. The average molecular weight is 230 g/mol. The van der Waals surface area contributed by atoms with Crippen molar-refractivity contribution in [1.82, 2.24) is 9.55 Å². The topological polar surface area (TPSA) is 17.8 Å². The molecule has 1 aromatic heterocycles. The monoisotopic (exact) mass is 230 g/mol. The molecule has 0 radical (unpaired) electrons. The third-order valence-electron chi connectivity index (χ3n) is 2.01. The standard InChI is InChI=1S/C11H13F3N2/c1-2-4-10(16-8-7-15-9-16)5-3-6-11(12,13)14/h2-4,6-10H,5H2,1H3/b4-2+,6-3+/t10-/m0/s1. The van der Waals surface area contributed by atoms with Crippen molar-refractivity contribution in [3.05, 3.63) is 43.0 Å². The van der Waals surface area contributed by atoms with Gasteiger partial charge >= 0.3 is 6.18 Å². The molecular weight excluding hydrogens is 217 g/mol. The van der Waals surface area contributed by atoms with Crippen LogP contribution in [0.1, 0.15) is 19.4 Å². The van der Waals surface area contributed by atoms with Crippen LogP contribution < -0.4 is 0 Å². The molecule has 0 amide bonds. The predicted octanol–water partition coefficient (Wildman–Crippen LogP) is 3.51. The van der Waals surface area contributed by atoms with Gasteiger partial charge in [-0.25, -0.2) is 4.98 Å². The number of allylic oxidation sites excluding steroid dienone is 4. The minimum absolute atomic E-state index is 0.119. The van der Waals surface area contributed by atoms with Crippen LogP contribution in [0.4, 0.5) is 13.2 Å². The second kappa shape index (κ2) is 5.53. The van der Waals surface area contributed by atoms with Crippen molar-refractivity contribution >= 4 is 0 Å². The summed E-state index contributed by atoms with van der Waals surface area (Å²) in [5, 5.41) is 0. The summed E-state index contributed by atoms with van der Waals surface area (Å²) >= 11 is 0. The van der Waals surface area contributed by atoms with Crippen LogP contribution in [0.5, 0.6) is 0 Å². The minimum atomic E-state index is -4.24. The number of nitrogens with zero attached hydrogens (tertiary/aromatic N) is 2. The first-order valence-corrected chi connectivity index (χ1v) is 4.87. The van der Waals surface area contributed by atoms with Crippen LogP contribution in [-0.4, -0.2) is 15.7 Å². The molecule has 0 spiro atoms. The quantitative estimate of drug-likeness (QED) is 0.724. The van der Waals surface area contributed by atoms with Gasteiger partial charge in [0, 0.05) is 18.5 Å². The molecule has 1 rings (SSSR count). The Morgan fingerprint density at radius 2 is 2.19 bits per heavy atom. The zero-order chi connectivity index (χ0) is 12.0. The van der Waals surface area contributed by atoms with E-state index in [0.29, 0.717) is 6.42 Å². The maximum Gasteiger partial charge on any atom is 0.409 e. The van der Waals surface area contributed by atoms with E-state index in [9.17, 15) is 13.2 Å². The summed E-state index contributed by atoms with van der Waals surface area (Å²) < 4.78 is 37.5. The van der Waals surface area contributed by atoms with E-state index in [-0.39, 0.29) is 12.1 Å². The Hall–Kier alpha value is -1.52. The van der Waals surface area contributed by atoms with E-state index in [1.54, 1.807) is 23.3 Å². The fourth-order valence-electron chi connectivity index (χ4n) is 1.33. The lowest BCUT2D eigenvalue weighted by atomic mass is 10.2. The van der Waals surface area contributed by atoms with Gasteiger partial charge in [0.05, 0.1) is 12.4 Å². The summed E-state index contributed by atoms with van der Waals surface area (Å²) in [4.78, 5) is 3.86. The summed E-state index contributed by atoms with van der Waals surface area (Å²) in [6.07, 6.45) is 6.01. The lowest BCUT2D eigenvalue weighted by Gasteiger charge is -2.11. The van der Waals surface area contributed by atoms with Crippen molar-refractivity contribution in [2.75, 3.05) is 0 Å². The van der Waals surface area contributed by atoms with Crippen molar-refractivity contribution in [1.29, 1.82) is 0 Å². The number of imidazole rings is 1. The van der Waals surface area contributed by atoms with Gasteiger partial charge in [0.15, 0.2) is 0 Å². The zero-order valence-corrected chi connectivity index (χ0v) is 8.85. The van der Waals surface area contributed by atoms with Gasteiger partial charge in [-0.3, -0.25) is 0 Å². The first-order chi connectivity index (χ1) is 7.53. The van der Waals surface area contributed by atoms with Crippen LogP contribution in [0.3, 0.4) is 0 Å². The molecule has 0 aromatic carbocycles. The van der Waals surface area contributed by atoms with E-state index in [0.717, 1.165) is 6.08 Å². The van der Waals surface area contributed by atoms with Crippen LogP contribution >= 0.6 is 0 Å². The molecule has 0 saturated heterocycles. The molecule has 1 heterocycles. The van der Waals surface area contributed by atoms with Gasteiger partial charge in [0.2, 0.25) is 0 Å². The first kappa shape index (κ1) is 12.5. The predicted molar refractivity (Wildman–Crippen MR) is 55.9 cm³/mol. The van der Waals surface area contributed by atoms with Gasteiger partial charge in [-0.15, -0.1) is 0 Å². The lowest BCUT2D eigenvalue weighted by Crippen LogP contribution is -2.05. The van der Waals surface area contributed by atoms with Crippen LogP contribution in [0.2, 0.25) is 0 Å². The molecule has 0 saturated carbocycles. The second-order valence-corrected chi connectivity index (χ2v) is 3.28. The molecule has 2 nitrogen and oxygen atoms in total. The van der Waals surface area contributed by atoms with E-state index >= 15 is 0 Å². The van der Waals surface area contributed by atoms with Gasteiger partial charge in [-0.2, -0.15) is 13.2 Å². The molecule has 88 valence electrons. The smallest absolute Gasteiger partial charge is 0.330 e. The highest BCUT2D eigenvalue weighted by Crippen LogP contribution is 2.19. The Kier molecular flexibility index (Phi) is 4.34. The van der Waals surface area contributed by atoms with Gasteiger partial charge in [-0.05, 0) is 13.3 Å². The molecule has 0 unspecified atom stereocenters. The Balaban J connectivity index is 2.64. The Morgan fingerprint density at radius 1 is 1.44 bits per heavy atom. The number of aromatic nitrogens is 2. The molecule has 0 aliphatic heterocycles. The van der Waals surface area contributed by atoms with Gasteiger partial charge < -0.3 is 4.57 Å². The third kappa shape index (κ3) is 4.33. The molecule has 0 N–H and O–H groups in total. The number of alkyl halides is 3. The summed E-state index contributed by atoms with van der Waals surface area (Å²) in [7, 11) is 0. The van der Waals surface area contributed by atoms with Crippen LogP contribution in [0, 0.1) is 0 Å². The van der Waals surface area contributed by atoms with Crippen molar-refractivity contribution in [2.45, 2.75) is 25.6 Å². The molecular formula is C11H13F3N2. The summed E-state index contributed by atoms with van der Waals surface area (Å²) in [5.74, 6) is 0. The molecule has 1 atom stereocenters. The van der Waals surface area contributed by atoms with Crippen LogP contribution in [0.15, 0.2) is 43.0 Å². The van der Waals surface area contributed by atoms with Crippen molar-refractivity contribution in [3.63, 3.8) is 0 Å². The Labute approximate surface area is 92.1 Å². The van der Waals surface area contributed by atoms with Crippen LogP contribution in [0.25, 0.3) is 0 Å². The van der Waals surface area contributed by atoms with Crippen molar-refractivity contribution in [2.24, 2.45) is 0 Å². The Bertz CT molecular complexity index is 350. The number of rotatable bonds is 4.